The molecule has 1 aliphatic carbocycles. The number of carbonyl (C=O) groups is 1. The van der Waals surface area contributed by atoms with Gasteiger partial charge in [-0.05, 0) is 50.4 Å². The van der Waals surface area contributed by atoms with Crippen LogP contribution < -0.4 is 0 Å². The van der Waals surface area contributed by atoms with E-state index in [1.165, 1.54) is 0 Å². The summed E-state index contributed by atoms with van der Waals surface area (Å²) in [7, 11) is 0. The highest BCUT2D eigenvalue weighted by Gasteiger charge is 2.32. The van der Waals surface area contributed by atoms with Crippen molar-refractivity contribution >= 4 is 5.97 Å². The minimum absolute atomic E-state index is 0.170. The standard InChI is InChI=1S/C18H30O4/c1-2-7-15(19)12-10-14-11-13-17(20)16(14)8-5-3-4-6-9-18(21)22/h3-4,10,12,14-17,19-20H,2,5-9,11,13H2,1H3,(H,21,22). The highest BCUT2D eigenvalue weighted by atomic mass is 16.4. The molecule has 4 heteroatoms. The highest BCUT2D eigenvalue weighted by molar-refractivity contribution is 5.66. The lowest BCUT2D eigenvalue weighted by Crippen LogP contribution is -2.18. The van der Waals surface area contributed by atoms with Crippen molar-refractivity contribution in [3.05, 3.63) is 24.3 Å². The molecule has 1 saturated carbocycles. The Hall–Kier alpha value is -1.13. The van der Waals surface area contributed by atoms with Crippen LogP contribution in [0.5, 0.6) is 0 Å². The largest absolute Gasteiger partial charge is 0.481 e. The molecule has 0 aromatic rings. The van der Waals surface area contributed by atoms with Gasteiger partial charge in [-0.15, -0.1) is 0 Å². The smallest absolute Gasteiger partial charge is 0.303 e. The van der Waals surface area contributed by atoms with E-state index in [4.69, 9.17) is 5.11 Å². The molecule has 22 heavy (non-hydrogen) atoms. The van der Waals surface area contributed by atoms with Gasteiger partial charge in [-0.25, -0.2) is 0 Å². The van der Waals surface area contributed by atoms with Crippen molar-refractivity contribution in [2.75, 3.05) is 0 Å². The topological polar surface area (TPSA) is 77.8 Å². The van der Waals surface area contributed by atoms with E-state index in [1.54, 1.807) is 0 Å². The van der Waals surface area contributed by atoms with Gasteiger partial charge in [0.25, 0.3) is 0 Å². The second-order valence-corrected chi connectivity index (χ2v) is 6.19. The maximum Gasteiger partial charge on any atom is 0.303 e. The van der Waals surface area contributed by atoms with Crippen molar-refractivity contribution in [3.63, 3.8) is 0 Å². The number of carboxylic acid groups (broad SMARTS) is 1. The van der Waals surface area contributed by atoms with Crippen LogP contribution in [0.15, 0.2) is 24.3 Å². The maximum absolute atomic E-state index is 10.4. The van der Waals surface area contributed by atoms with Crippen LogP contribution in [0.3, 0.4) is 0 Å². The van der Waals surface area contributed by atoms with Gasteiger partial charge >= 0.3 is 5.97 Å². The molecule has 0 saturated heterocycles. The van der Waals surface area contributed by atoms with E-state index >= 15 is 0 Å². The summed E-state index contributed by atoms with van der Waals surface area (Å²) in [6.45, 7) is 2.05. The van der Waals surface area contributed by atoms with Gasteiger partial charge in [0.15, 0.2) is 0 Å². The number of rotatable bonds is 10. The lowest BCUT2D eigenvalue weighted by Gasteiger charge is -2.19. The molecule has 1 rings (SSSR count). The van der Waals surface area contributed by atoms with E-state index in [9.17, 15) is 15.0 Å². The lowest BCUT2D eigenvalue weighted by molar-refractivity contribution is -0.136. The Morgan fingerprint density at radius 2 is 2.00 bits per heavy atom. The molecule has 4 unspecified atom stereocenters. The van der Waals surface area contributed by atoms with Gasteiger partial charge in [0, 0.05) is 6.42 Å². The predicted octanol–water partition coefficient (Wildman–Crippen LogP) is 3.29. The fraction of sp³-hybridized carbons (Fsp3) is 0.722. The first-order chi connectivity index (χ1) is 10.5. The number of carboxylic acids is 1. The van der Waals surface area contributed by atoms with E-state index in [-0.39, 0.29) is 24.5 Å². The predicted molar refractivity (Wildman–Crippen MR) is 87.5 cm³/mol. The maximum atomic E-state index is 10.4. The van der Waals surface area contributed by atoms with Gasteiger partial charge in [0.1, 0.15) is 0 Å². The third-order valence-electron chi connectivity index (χ3n) is 4.36. The van der Waals surface area contributed by atoms with Crippen LogP contribution >= 0.6 is 0 Å². The molecule has 0 heterocycles. The molecule has 4 atom stereocenters. The summed E-state index contributed by atoms with van der Waals surface area (Å²) in [6, 6.07) is 0. The summed E-state index contributed by atoms with van der Waals surface area (Å²) in [4.78, 5) is 10.4. The summed E-state index contributed by atoms with van der Waals surface area (Å²) in [5.41, 5.74) is 0. The molecule has 0 aromatic heterocycles. The van der Waals surface area contributed by atoms with Gasteiger partial charge in [0.2, 0.25) is 0 Å². The van der Waals surface area contributed by atoms with Gasteiger partial charge in [-0.1, -0.05) is 37.6 Å². The Morgan fingerprint density at radius 1 is 1.27 bits per heavy atom. The van der Waals surface area contributed by atoms with Crippen molar-refractivity contribution in [3.8, 4) is 0 Å². The molecule has 0 bridgehead atoms. The van der Waals surface area contributed by atoms with Gasteiger partial charge < -0.3 is 15.3 Å². The molecule has 4 nitrogen and oxygen atoms in total. The van der Waals surface area contributed by atoms with Crippen LogP contribution in [0.4, 0.5) is 0 Å². The van der Waals surface area contributed by atoms with E-state index in [1.807, 2.05) is 18.2 Å². The number of hydrogen-bond donors (Lipinski definition) is 3. The van der Waals surface area contributed by atoms with Crippen LogP contribution in [0.2, 0.25) is 0 Å². The summed E-state index contributed by atoms with van der Waals surface area (Å²) in [6.07, 6.45) is 13.3. The Labute approximate surface area is 133 Å². The Morgan fingerprint density at radius 3 is 2.68 bits per heavy atom. The van der Waals surface area contributed by atoms with E-state index in [2.05, 4.69) is 13.0 Å². The lowest BCUT2D eigenvalue weighted by atomic mass is 9.89. The fourth-order valence-corrected chi connectivity index (χ4v) is 3.12. The first kappa shape index (κ1) is 18.9. The minimum atomic E-state index is -0.772. The number of aliphatic carboxylic acids is 1. The molecule has 0 aliphatic heterocycles. The molecule has 3 N–H and O–H groups in total. The minimum Gasteiger partial charge on any atom is -0.481 e. The second kappa shape index (κ2) is 10.6. The first-order valence-electron chi connectivity index (χ1n) is 8.45. The number of aliphatic hydroxyl groups is 2. The monoisotopic (exact) mass is 310 g/mol. The van der Waals surface area contributed by atoms with Gasteiger partial charge in [-0.2, -0.15) is 0 Å². The zero-order chi connectivity index (χ0) is 16.4. The fourth-order valence-electron chi connectivity index (χ4n) is 3.12. The molecule has 0 radical (unpaired) electrons. The summed E-state index contributed by atoms with van der Waals surface area (Å²) < 4.78 is 0. The van der Waals surface area contributed by atoms with Crippen molar-refractivity contribution in [1.29, 1.82) is 0 Å². The summed E-state index contributed by atoms with van der Waals surface area (Å²) in [5.74, 6) is -0.185. The SMILES string of the molecule is CCCC(O)C=CC1CCC(O)C1CCC=CCCC(=O)O. The molecule has 126 valence electrons. The van der Waals surface area contributed by atoms with E-state index in [0.29, 0.717) is 12.3 Å². The third-order valence-corrected chi connectivity index (χ3v) is 4.36. The van der Waals surface area contributed by atoms with Crippen LogP contribution in [0.25, 0.3) is 0 Å². The van der Waals surface area contributed by atoms with Crippen molar-refractivity contribution in [2.24, 2.45) is 11.8 Å². The molecule has 0 amide bonds. The zero-order valence-electron chi connectivity index (χ0n) is 13.5. The third kappa shape index (κ3) is 7.23. The summed E-state index contributed by atoms with van der Waals surface area (Å²) in [5, 5.41) is 28.4. The average molecular weight is 310 g/mol. The first-order valence-corrected chi connectivity index (χ1v) is 8.45. The molecule has 0 aromatic carbocycles. The molecular weight excluding hydrogens is 280 g/mol. The Bertz CT molecular complexity index is 375. The number of allylic oxidation sites excluding steroid dienone is 3. The molecular formula is C18H30O4. The van der Waals surface area contributed by atoms with Crippen LogP contribution in [-0.4, -0.2) is 33.5 Å². The molecule has 0 spiro atoms. The van der Waals surface area contributed by atoms with Crippen LogP contribution in [-0.2, 0) is 4.79 Å². The van der Waals surface area contributed by atoms with E-state index < -0.39 is 5.97 Å². The Kier molecular flexibility index (Phi) is 9.09. The zero-order valence-corrected chi connectivity index (χ0v) is 13.5. The second-order valence-electron chi connectivity index (χ2n) is 6.19. The van der Waals surface area contributed by atoms with Crippen molar-refractivity contribution < 1.29 is 20.1 Å². The molecule has 1 fully saturated rings. The normalized spacial score (nSPS) is 27.0. The number of hydrogen-bond acceptors (Lipinski definition) is 3. The van der Waals surface area contributed by atoms with Crippen molar-refractivity contribution in [2.45, 2.75) is 70.5 Å². The van der Waals surface area contributed by atoms with Gasteiger partial charge in [-0.3, -0.25) is 4.79 Å². The summed E-state index contributed by atoms with van der Waals surface area (Å²) >= 11 is 0. The van der Waals surface area contributed by atoms with Gasteiger partial charge in [0.05, 0.1) is 12.2 Å². The average Bonchev–Trinajstić information content (AvgIpc) is 2.81. The highest BCUT2D eigenvalue weighted by Crippen LogP contribution is 2.36. The number of aliphatic hydroxyl groups excluding tert-OH is 2. The van der Waals surface area contributed by atoms with Crippen LogP contribution in [0.1, 0.15) is 58.3 Å². The van der Waals surface area contributed by atoms with Crippen LogP contribution in [0, 0.1) is 11.8 Å². The Balaban J connectivity index is 2.36. The quantitative estimate of drug-likeness (QED) is 0.541. The van der Waals surface area contributed by atoms with Crippen molar-refractivity contribution in [1.82, 2.24) is 0 Å². The molecule has 1 aliphatic rings. The van der Waals surface area contributed by atoms with E-state index in [0.717, 1.165) is 38.5 Å².